The van der Waals surface area contributed by atoms with Crippen molar-refractivity contribution in [3.63, 3.8) is 0 Å². The van der Waals surface area contributed by atoms with E-state index in [1.54, 1.807) is 13.4 Å². The van der Waals surface area contributed by atoms with E-state index >= 15 is 0 Å². The molecule has 2 aromatic rings. The van der Waals surface area contributed by atoms with Crippen molar-refractivity contribution >= 4 is 16.9 Å². The van der Waals surface area contributed by atoms with Crippen molar-refractivity contribution in [3.05, 3.63) is 30.0 Å². The van der Waals surface area contributed by atoms with E-state index in [1.165, 1.54) is 32.1 Å². The molecule has 1 fully saturated rings. The summed E-state index contributed by atoms with van der Waals surface area (Å²) in [5.41, 5.74) is 1.60. The molecule has 1 aromatic carbocycles. The summed E-state index contributed by atoms with van der Waals surface area (Å²) in [5, 5.41) is 0.940. The van der Waals surface area contributed by atoms with Crippen LogP contribution in [0.25, 0.3) is 11.0 Å². The van der Waals surface area contributed by atoms with Gasteiger partial charge in [-0.3, -0.25) is 4.79 Å². The minimum Gasteiger partial charge on any atom is -0.497 e. The van der Waals surface area contributed by atoms with Crippen LogP contribution in [0.4, 0.5) is 0 Å². The largest absolute Gasteiger partial charge is 0.497 e. The predicted octanol–water partition coefficient (Wildman–Crippen LogP) is 4.11. The number of benzene rings is 1. The summed E-state index contributed by atoms with van der Waals surface area (Å²) >= 11 is 0. The van der Waals surface area contributed by atoms with Gasteiger partial charge in [0.25, 0.3) is 0 Å². The van der Waals surface area contributed by atoms with Crippen LogP contribution in [0, 0.1) is 5.92 Å². The van der Waals surface area contributed by atoms with E-state index in [4.69, 9.17) is 13.9 Å². The molecule has 0 saturated heterocycles. The van der Waals surface area contributed by atoms with Crippen LogP contribution < -0.4 is 4.74 Å². The number of furan rings is 1. The van der Waals surface area contributed by atoms with Crippen LogP contribution in [0.5, 0.6) is 5.75 Å². The van der Waals surface area contributed by atoms with Crippen LogP contribution in [0.15, 0.2) is 28.9 Å². The number of ether oxygens (including phenoxy) is 2. The molecular formula is C18H22O4. The maximum Gasteiger partial charge on any atom is 0.310 e. The number of methoxy groups -OCH3 is 1. The van der Waals surface area contributed by atoms with Crippen LogP contribution in [0.1, 0.15) is 37.7 Å². The van der Waals surface area contributed by atoms with Crippen molar-refractivity contribution in [1.29, 1.82) is 0 Å². The van der Waals surface area contributed by atoms with E-state index in [0.29, 0.717) is 12.5 Å². The maximum atomic E-state index is 12.0. The van der Waals surface area contributed by atoms with Crippen LogP contribution in [-0.2, 0) is 16.0 Å². The van der Waals surface area contributed by atoms with Gasteiger partial charge in [-0.15, -0.1) is 0 Å². The molecule has 4 nitrogen and oxygen atoms in total. The molecule has 0 amide bonds. The molecule has 0 aliphatic heterocycles. The van der Waals surface area contributed by atoms with Gasteiger partial charge < -0.3 is 13.9 Å². The average Bonchev–Trinajstić information content (AvgIpc) is 2.96. The normalized spacial score (nSPS) is 15.9. The highest BCUT2D eigenvalue weighted by Gasteiger charge is 2.17. The van der Waals surface area contributed by atoms with Gasteiger partial charge in [0.05, 0.1) is 26.4 Å². The summed E-state index contributed by atoms with van der Waals surface area (Å²) in [6, 6.07) is 5.61. The molecule has 0 spiro atoms. The summed E-state index contributed by atoms with van der Waals surface area (Å²) in [6.07, 6.45) is 8.09. The number of rotatable bonds is 5. The Morgan fingerprint density at radius 3 is 2.86 bits per heavy atom. The van der Waals surface area contributed by atoms with E-state index in [9.17, 15) is 4.79 Å². The molecule has 118 valence electrons. The SMILES string of the molecule is COc1ccc2c(CC(=O)OCC3CCCCC3)coc2c1. The lowest BCUT2D eigenvalue weighted by Crippen LogP contribution is -2.17. The number of hydrogen-bond donors (Lipinski definition) is 0. The lowest BCUT2D eigenvalue weighted by molar-refractivity contribution is -0.144. The highest BCUT2D eigenvalue weighted by Crippen LogP contribution is 2.27. The van der Waals surface area contributed by atoms with Crippen molar-refractivity contribution in [3.8, 4) is 5.75 Å². The molecule has 0 radical (unpaired) electrons. The van der Waals surface area contributed by atoms with Crippen LogP contribution in [0.2, 0.25) is 0 Å². The Morgan fingerprint density at radius 1 is 1.27 bits per heavy atom. The Labute approximate surface area is 130 Å². The molecule has 0 N–H and O–H groups in total. The van der Waals surface area contributed by atoms with Gasteiger partial charge in [0.15, 0.2) is 0 Å². The molecule has 1 heterocycles. The fraction of sp³-hybridized carbons (Fsp3) is 0.500. The second-order valence-electron chi connectivity index (χ2n) is 5.99. The Hall–Kier alpha value is -1.97. The van der Waals surface area contributed by atoms with E-state index in [-0.39, 0.29) is 12.4 Å². The van der Waals surface area contributed by atoms with Crippen molar-refractivity contribution in [1.82, 2.24) is 0 Å². The Kier molecular flexibility index (Phi) is 4.66. The van der Waals surface area contributed by atoms with Gasteiger partial charge in [-0.05, 0) is 30.9 Å². The molecule has 4 heteroatoms. The molecule has 0 unspecified atom stereocenters. The van der Waals surface area contributed by atoms with Gasteiger partial charge in [-0.1, -0.05) is 19.3 Å². The van der Waals surface area contributed by atoms with Crippen LogP contribution in [-0.4, -0.2) is 19.7 Å². The van der Waals surface area contributed by atoms with Gasteiger partial charge in [-0.2, -0.15) is 0 Å². The van der Waals surface area contributed by atoms with Crippen LogP contribution in [0.3, 0.4) is 0 Å². The van der Waals surface area contributed by atoms with Crippen molar-refractivity contribution in [2.45, 2.75) is 38.5 Å². The smallest absolute Gasteiger partial charge is 0.310 e. The average molecular weight is 302 g/mol. The summed E-state index contributed by atoms with van der Waals surface area (Å²) in [7, 11) is 1.62. The van der Waals surface area contributed by atoms with Gasteiger partial charge in [0.2, 0.25) is 0 Å². The zero-order valence-corrected chi connectivity index (χ0v) is 13.0. The first-order chi connectivity index (χ1) is 10.8. The maximum absolute atomic E-state index is 12.0. The molecule has 1 aliphatic carbocycles. The van der Waals surface area contributed by atoms with Gasteiger partial charge >= 0.3 is 5.97 Å². The van der Waals surface area contributed by atoms with Crippen LogP contribution >= 0.6 is 0 Å². The molecule has 3 rings (SSSR count). The molecule has 0 bridgehead atoms. The first-order valence-electron chi connectivity index (χ1n) is 7.96. The second kappa shape index (κ2) is 6.86. The minimum atomic E-state index is -0.177. The molecule has 1 aromatic heterocycles. The molecule has 0 atom stereocenters. The first-order valence-corrected chi connectivity index (χ1v) is 7.96. The third-order valence-electron chi connectivity index (χ3n) is 4.40. The zero-order valence-electron chi connectivity index (χ0n) is 13.0. The van der Waals surface area contributed by atoms with E-state index in [1.807, 2.05) is 18.2 Å². The molecule has 1 saturated carbocycles. The number of fused-ring (bicyclic) bond motifs is 1. The number of esters is 1. The van der Waals surface area contributed by atoms with Crippen molar-refractivity contribution < 1.29 is 18.7 Å². The van der Waals surface area contributed by atoms with Gasteiger partial charge in [-0.25, -0.2) is 0 Å². The Balaban J connectivity index is 1.59. The molecule has 22 heavy (non-hydrogen) atoms. The molecule has 1 aliphatic rings. The summed E-state index contributed by atoms with van der Waals surface area (Å²) in [4.78, 5) is 12.0. The molecular weight excluding hydrogens is 280 g/mol. The van der Waals surface area contributed by atoms with E-state index in [2.05, 4.69) is 0 Å². The topological polar surface area (TPSA) is 48.7 Å². The summed E-state index contributed by atoms with van der Waals surface area (Å²) in [6.45, 7) is 0.558. The minimum absolute atomic E-state index is 0.177. The van der Waals surface area contributed by atoms with E-state index < -0.39 is 0 Å². The van der Waals surface area contributed by atoms with Crippen molar-refractivity contribution in [2.24, 2.45) is 5.92 Å². The Bertz CT molecular complexity index is 638. The summed E-state index contributed by atoms with van der Waals surface area (Å²) in [5.74, 6) is 1.11. The van der Waals surface area contributed by atoms with Gasteiger partial charge in [0.1, 0.15) is 11.3 Å². The van der Waals surface area contributed by atoms with E-state index in [0.717, 1.165) is 22.3 Å². The number of hydrogen-bond acceptors (Lipinski definition) is 4. The lowest BCUT2D eigenvalue weighted by Gasteiger charge is -2.20. The number of carbonyl (C=O) groups is 1. The highest BCUT2D eigenvalue weighted by atomic mass is 16.5. The standard InChI is InChI=1S/C18H22O4/c1-20-15-7-8-16-14(12-21-17(16)10-15)9-18(19)22-11-13-5-3-2-4-6-13/h7-8,10,12-13H,2-6,9,11H2,1H3. The third kappa shape index (κ3) is 3.43. The fourth-order valence-corrected chi connectivity index (χ4v) is 3.10. The summed E-state index contributed by atoms with van der Waals surface area (Å²) < 4.78 is 16.1. The zero-order chi connectivity index (χ0) is 15.4. The monoisotopic (exact) mass is 302 g/mol. The third-order valence-corrected chi connectivity index (χ3v) is 4.40. The number of carbonyl (C=O) groups excluding carboxylic acids is 1. The highest BCUT2D eigenvalue weighted by molar-refractivity contribution is 5.86. The quantitative estimate of drug-likeness (QED) is 0.780. The Morgan fingerprint density at radius 2 is 2.09 bits per heavy atom. The predicted molar refractivity (Wildman–Crippen MR) is 84.0 cm³/mol. The lowest BCUT2D eigenvalue weighted by atomic mass is 9.90. The second-order valence-corrected chi connectivity index (χ2v) is 5.99. The fourth-order valence-electron chi connectivity index (χ4n) is 3.10. The first kappa shape index (κ1) is 14.9. The van der Waals surface area contributed by atoms with Gasteiger partial charge in [0, 0.05) is 17.0 Å². The van der Waals surface area contributed by atoms with Crippen molar-refractivity contribution in [2.75, 3.05) is 13.7 Å².